The van der Waals surface area contributed by atoms with Crippen molar-refractivity contribution >= 4 is 33.7 Å². The maximum absolute atomic E-state index is 13.0. The van der Waals surface area contributed by atoms with Crippen LogP contribution in [0.3, 0.4) is 0 Å². The van der Waals surface area contributed by atoms with Gasteiger partial charge in [0.05, 0.1) is 31.0 Å². The first-order valence-electron chi connectivity index (χ1n) is 10.1. The number of amides is 1. The number of aromatic nitrogens is 3. The van der Waals surface area contributed by atoms with E-state index in [0.29, 0.717) is 49.4 Å². The number of carbonyl (C=O) groups excluding carboxylic acids is 2. The number of hydrogen-bond acceptors (Lipinski definition) is 9. The average Bonchev–Trinajstić information content (AvgIpc) is 3.24. The van der Waals surface area contributed by atoms with Gasteiger partial charge in [0.1, 0.15) is 6.54 Å². The van der Waals surface area contributed by atoms with Crippen LogP contribution in [0, 0.1) is 0 Å². The molecule has 0 spiro atoms. The molecule has 0 saturated carbocycles. The SMILES string of the molecule is C=CCn1c(SCC(=O)NCC(=O)OC)nnc1-c1cccc(S(=O)(=O)N2CCOCC2)c1. The average molecular weight is 496 g/mol. The number of rotatable bonds is 10. The number of benzene rings is 1. The van der Waals surface area contributed by atoms with E-state index < -0.39 is 16.0 Å². The third kappa shape index (κ3) is 6.19. The van der Waals surface area contributed by atoms with Gasteiger partial charge in [-0.2, -0.15) is 4.31 Å². The molecule has 1 aliphatic heterocycles. The highest BCUT2D eigenvalue weighted by Crippen LogP contribution is 2.27. The zero-order valence-corrected chi connectivity index (χ0v) is 19.7. The van der Waals surface area contributed by atoms with Gasteiger partial charge in [-0.1, -0.05) is 30.0 Å². The Morgan fingerprint density at radius 1 is 1.30 bits per heavy atom. The molecule has 11 nitrogen and oxygen atoms in total. The molecule has 33 heavy (non-hydrogen) atoms. The van der Waals surface area contributed by atoms with E-state index in [1.165, 1.54) is 11.4 Å². The van der Waals surface area contributed by atoms with Crippen molar-refractivity contribution in [2.24, 2.45) is 0 Å². The maximum Gasteiger partial charge on any atom is 0.325 e. The molecule has 2 aromatic rings. The molecule has 1 fully saturated rings. The molecular weight excluding hydrogens is 470 g/mol. The van der Waals surface area contributed by atoms with Gasteiger partial charge in [0.25, 0.3) is 0 Å². The van der Waals surface area contributed by atoms with Crippen LogP contribution in [0.25, 0.3) is 11.4 Å². The van der Waals surface area contributed by atoms with Gasteiger partial charge in [0.15, 0.2) is 11.0 Å². The number of morpholine rings is 1. The molecule has 0 radical (unpaired) electrons. The molecule has 1 saturated heterocycles. The first kappa shape index (κ1) is 24.9. The van der Waals surface area contributed by atoms with Crippen LogP contribution in [-0.4, -0.2) is 85.1 Å². The summed E-state index contributed by atoms with van der Waals surface area (Å²) >= 11 is 1.14. The molecule has 1 amide bonds. The molecule has 1 N–H and O–H groups in total. The largest absolute Gasteiger partial charge is 0.468 e. The first-order valence-corrected chi connectivity index (χ1v) is 12.5. The van der Waals surface area contributed by atoms with Crippen molar-refractivity contribution in [3.8, 4) is 11.4 Å². The summed E-state index contributed by atoms with van der Waals surface area (Å²) < 4.78 is 38.9. The lowest BCUT2D eigenvalue weighted by molar-refractivity contribution is -0.140. The smallest absolute Gasteiger partial charge is 0.325 e. The standard InChI is InChI=1S/C20H25N5O6S2/c1-3-7-25-19(22-23-20(25)32-14-17(26)21-13-18(27)30-2)15-5-4-6-16(12-15)33(28,29)24-8-10-31-11-9-24/h3-6,12H,1,7-11,13-14H2,2H3,(H,21,26). The number of nitrogens with zero attached hydrogens (tertiary/aromatic N) is 4. The second kappa shape index (κ2) is 11.4. The van der Waals surface area contributed by atoms with Gasteiger partial charge in [-0.25, -0.2) is 8.42 Å². The predicted molar refractivity (Wildman–Crippen MR) is 121 cm³/mol. The van der Waals surface area contributed by atoms with Crippen molar-refractivity contribution < 1.29 is 27.5 Å². The molecule has 1 aromatic carbocycles. The summed E-state index contributed by atoms with van der Waals surface area (Å²) in [5.74, 6) is -0.444. The van der Waals surface area contributed by atoms with Crippen molar-refractivity contribution in [2.75, 3.05) is 45.7 Å². The number of allylic oxidation sites excluding steroid dienone is 1. The molecule has 0 aliphatic carbocycles. The van der Waals surface area contributed by atoms with Crippen LogP contribution in [-0.2, 0) is 35.6 Å². The number of ether oxygens (including phenoxy) is 2. The Bertz CT molecular complexity index is 1110. The zero-order valence-electron chi connectivity index (χ0n) is 18.1. The molecule has 1 aliphatic rings. The normalized spacial score (nSPS) is 14.6. The summed E-state index contributed by atoms with van der Waals surface area (Å²) in [6, 6.07) is 6.51. The summed E-state index contributed by atoms with van der Waals surface area (Å²) in [5.41, 5.74) is 0.570. The summed E-state index contributed by atoms with van der Waals surface area (Å²) in [6.07, 6.45) is 1.66. The maximum atomic E-state index is 13.0. The summed E-state index contributed by atoms with van der Waals surface area (Å²) in [5, 5.41) is 11.3. The lowest BCUT2D eigenvalue weighted by atomic mass is 10.2. The summed E-state index contributed by atoms with van der Waals surface area (Å²) in [4.78, 5) is 23.3. The zero-order chi connectivity index (χ0) is 23.8. The molecule has 1 aromatic heterocycles. The number of methoxy groups -OCH3 is 1. The Hall–Kier alpha value is -2.74. The number of nitrogens with one attached hydrogen (secondary N) is 1. The van der Waals surface area contributed by atoms with Crippen LogP contribution in [0.2, 0.25) is 0 Å². The van der Waals surface area contributed by atoms with Gasteiger partial charge in [-0.3, -0.25) is 14.2 Å². The first-order chi connectivity index (χ1) is 15.9. The van der Waals surface area contributed by atoms with E-state index in [4.69, 9.17) is 4.74 Å². The van der Waals surface area contributed by atoms with E-state index in [1.54, 1.807) is 34.9 Å². The Labute approximate surface area is 196 Å². The van der Waals surface area contributed by atoms with Crippen LogP contribution in [0.15, 0.2) is 47.0 Å². The fourth-order valence-corrected chi connectivity index (χ4v) is 5.29. The van der Waals surface area contributed by atoms with Gasteiger partial charge in [0, 0.05) is 25.2 Å². The minimum Gasteiger partial charge on any atom is -0.468 e. The van der Waals surface area contributed by atoms with Gasteiger partial charge in [-0.15, -0.1) is 16.8 Å². The molecular formula is C20H25N5O6S2. The number of sulfonamides is 1. The highest BCUT2D eigenvalue weighted by molar-refractivity contribution is 7.99. The second-order valence-corrected chi connectivity index (χ2v) is 9.77. The van der Waals surface area contributed by atoms with Crippen LogP contribution in [0.1, 0.15) is 0 Å². The van der Waals surface area contributed by atoms with E-state index in [2.05, 4.69) is 26.8 Å². The Balaban J connectivity index is 1.80. The third-order valence-electron chi connectivity index (χ3n) is 4.72. The Morgan fingerprint density at radius 2 is 2.06 bits per heavy atom. The Kier molecular flexibility index (Phi) is 8.61. The number of hydrogen-bond donors (Lipinski definition) is 1. The van der Waals surface area contributed by atoms with Gasteiger partial charge in [-0.05, 0) is 12.1 Å². The highest BCUT2D eigenvalue weighted by Gasteiger charge is 2.27. The monoisotopic (exact) mass is 495 g/mol. The van der Waals surface area contributed by atoms with E-state index in [9.17, 15) is 18.0 Å². The van der Waals surface area contributed by atoms with E-state index in [-0.39, 0.29) is 23.1 Å². The van der Waals surface area contributed by atoms with E-state index in [1.807, 2.05) is 0 Å². The van der Waals surface area contributed by atoms with Crippen LogP contribution < -0.4 is 5.32 Å². The minimum atomic E-state index is -3.67. The molecule has 0 bridgehead atoms. The van der Waals surface area contributed by atoms with Crippen molar-refractivity contribution in [3.63, 3.8) is 0 Å². The molecule has 3 rings (SSSR count). The van der Waals surface area contributed by atoms with Gasteiger partial charge < -0.3 is 14.8 Å². The number of thioether (sulfide) groups is 1. The quantitative estimate of drug-likeness (QED) is 0.285. The fourth-order valence-electron chi connectivity index (χ4n) is 3.06. The Morgan fingerprint density at radius 3 is 2.76 bits per heavy atom. The lowest BCUT2D eigenvalue weighted by Crippen LogP contribution is -2.40. The van der Waals surface area contributed by atoms with E-state index >= 15 is 0 Å². The number of carbonyl (C=O) groups is 2. The highest BCUT2D eigenvalue weighted by atomic mass is 32.2. The summed E-state index contributed by atoms with van der Waals surface area (Å²) in [6.45, 7) is 5.22. The van der Waals surface area contributed by atoms with Crippen molar-refractivity contribution in [1.29, 1.82) is 0 Å². The van der Waals surface area contributed by atoms with Crippen molar-refractivity contribution in [2.45, 2.75) is 16.6 Å². The van der Waals surface area contributed by atoms with E-state index in [0.717, 1.165) is 11.8 Å². The van der Waals surface area contributed by atoms with Crippen molar-refractivity contribution in [1.82, 2.24) is 24.4 Å². The van der Waals surface area contributed by atoms with Crippen LogP contribution in [0.5, 0.6) is 0 Å². The molecule has 0 unspecified atom stereocenters. The van der Waals surface area contributed by atoms with Crippen LogP contribution >= 0.6 is 11.8 Å². The lowest BCUT2D eigenvalue weighted by Gasteiger charge is -2.26. The van der Waals surface area contributed by atoms with Gasteiger partial charge in [0.2, 0.25) is 15.9 Å². The molecule has 13 heteroatoms. The third-order valence-corrected chi connectivity index (χ3v) is 7.58. The molecule has 2 heterocycles. The van der Waals surface area contributed by atoms with Crippen LogP contribution in [0.4, 0.5) is 0 Å². The second-order valence-electron chi connectivity index (χ2n) is 6.89. The minimum absolute atomic E-state index is 0.0116. The molecule has 0 atom stereocenters. The number of esters is 1. The molecule has 178 valence electrons. The van der Waals surface area contributed by atoms with Crippen molar-refractivity contribution in [3.05, 3.63) is 36.9 Å². The fraction of sp³-hybridized carbons (Fsp3) is 0.400. The predicted octanol–water partition coefficient (Wildman–Crippen LogP) is 0.533. The topological polar surface area (TPSA) is 133 Å². The summed E-state index contributed by atoms with van der Waals surface area (Å²) in [7, 11) is -2.43. The van der Waals surface area contributed by atoms with Gasteiger partial charge >= 0.3 is 5.97 Å².